The van der Waals surface area contributed by atoms with Crippen LogP contribution in [0.4, 0.5) is 0 Å². The van der Waals surface area contributed by atoms with Gasteiger partial charge >= 0.3 is 5.97 Å². The van der Waals surface area contributed by atoms with Crippen molar-refractivity contribution < 1.29 is 14.3 Å². The fourth-order valence-electron chi connectivity index (χ4n) is 2.80. The predicted octanol–water partition coefficient (Wildman–Crippen LogP) is 1.73. The molecule has 0 aromatic rings. The fraction of sp³-hybridized carbons (Fsp3) is 0.923. The molecule has 1 rings (SSSR count). The van der Waals surface area contributed by atoms with E-state index < -0.39 is 5.54 Å². The van der Waals surface area contributed by atoms with Crippen molar-refractivity contribution in [2.45, 2.75) is 45.1 Å². The molecule has 0 aliphatic heterocycles. The monoisotopic (exact) mass is 243 g/mol. The smallest absolute Gasteiger partial charge is 0.326 e. The van der Waals surface area contributed by atoms with Crippen LogP contribution < -0.4 is 5.32 Å². The molecule has 0 aromatic carbocycles. The van der Waals surface area contributed by atoms with Gasteiger partial charge in [-0.1, -0.05) is 6.42 Å². The van der Waals surface area contributed by atoms with E-state index in [0.29, 0.717) is 12.5 Å². The van der Waals surface area contributed by atoms with Crippen molar-refractivity contribution in [2.24, 2.45) is 5.92 Å². The minimum atomic E-state index is -0.479. The van der Waals surface area contributed by atoms with Gasteiger partial charge < -0.3 is 14.8 Å². The predicted molar refractivity (Wildman–Crippen MR) is 66.9 cm³/mol. The highest BCUT2D eigenvalue weighted by atomic mass is 16.5. The number of ether oxygens (including phenoxy) is 2. The third-order valence-corrected chi connectivity index (χ3v) is 3.72. The summed E-state index contributed by atoms with van der Waals surface area (Å²) >= 11 is 0. The second kappa shape index (κ2) is 6.97. The number of carbonyl (C=O) groups is 1. The molecule has 4 heteroatoms. The number of likely N-dealkylation sites (N-methyl/N-ethyl adjacent to an activating group) is 1. The Morgan fingerprint density at radius 1 is 1.41 bits per heavy atom. The van der Waals surface area contributed by atoms with Gasteiger partial charge in [-0.15, -0.1) is 0 Å². The van der Waals surface area contributed by atoms with Crippen LogP contribution in [0.5, 0.6) is 0 Å². The standard InChI is InChI=1S/C13H25NO3/c1-4-16-10-8-11-7-6-9-13(11,14-3)12(15)17-5-2/h11,14H,4-10H2,1-3H3. The maximum atomic E-state index is 12.1. The summed E-state index contributed by atoms with van der Waals surface area (Å²) < 4.78 is 10.6. The Labute approximate surface area is 104 Å². The summed E-state index contributed by atoms with van der Waals surface area (Å²) in [5.41, 5.74) is -0.479. The number of rotatable bonds is 7. The van der Waals surface area contributed by atoms with Crippen LogP contribution in [0.1, 0.15) is 39.5 Å². The Bertz CT molecular complexity index is 245. The Morgan fingerprint density at radius 2 is 2.18 bits per heavy atom. The molecular formula is C13H25NO3. The molecule has 0 bridgehead atoms. The van der Waals surface area contributed by atoms with Crippen LogP contribution in [0.2, 0.25) is 0 Å². The molecule has 100 valence electrons. The molecule has 17 heavy (non-hydrogen) atoms. The van der Waals surface area contributed by atoms with Gasteiger partial charge in [-0.2, -0.15) is 0 Å². The molecule has 0 aromatic heterocycles. The van der Waals surface area contributed by atoms with Crippen LogP contribution in [0.3, 0.4) is 0 Å². The summed E-state index contributed by atoms with van der Waals surface area (Å²) in [7, 11) is 1.86. The van der Waals surface area contributed by atoms with E-state index in [1.807, 2.05) is 20.9 Å². The molecule has 0 saturated heterocycles. The van der Waals surface area contributed by atoms with Gasteiger partial charge in [0.15, 0.2) is 0 Å². The number of hydrogen-bond donors (Lipinski definition) is 1. The first-order chi connectivity index (χ1) is 8.21. The number of nitrogens with one attached hydrogen (secondary N) is 1. The number of hydrogen-bond acceptors (Lipinski definition) is 4. The van der Waals surface area contributed by atoms with E-state index in [0.717, 1.165) is 38.9 Å². The lowest BCUT2D eigenvalue weighted by Crippen LogP contribution is -2.54. The highest BCUT2D eigenvalue weighted by Crippen LogP contribution is 2.38. The molecule has 2 atom stereocenters. The van der Waals surface area contributed by atoms with Crippen molar-refractivity contribution in [1.29, 1.82) is 0 Å². The van der Waals surface area contributed by atoms with Crippen molar-refractivity contribution in [3.8, 4) is 0 Å². The van der Waals surface area contributed by atoms with Crippen LogP contribution in [-0.4, -0.2) is 38.4 Å². The summed E-state index contributed by atoms with van der Waals surface area (Å²) in [6.45, 7) is 5.75. The molecule has 0 heterocycles. The highest BCUT2D eigenvalue weighted by Gasteiger charge is 2.48. The second-order valence-corrected chi connectivity index (χ2v) is 4.52. The lowest BCUT2D eigenvalue weighted by atomic mass is 9.85. The fourth-order valence-corrected chi connectivity index (χ4v) is 2.80. The van der Waals surface area contributed by atoms with Crippen molar-refractivity contribution in [3.05, 3.63) is 0 Å². The van der Waals surface area contributed by atoms with E-state index >= 15 is 0 Å². The Hall–Kier alpha value is -0.610. The Kier molecular flexibility index (Phi) is 5.92. The van der Waals surface area contributed by atoms with Crippen molar-refractivity contribution in [2.75, 3.05) is 26.9 Å². The zero-order valence-electron chi connectivity index (χ0n) is 11.3. The zero-order valence-corrected chi connectivity index (χ0v) is 11.3. The molecule has 1 N–H and O–H groups in total. The van der Waals surface area contributed by atoms with E-state index in [4.69, 9.17) is 9.47 Å². The van der Waals surface area contributed by atoms with Crippen LogP contribution in [0.25, 0.3) is 0 Å². The third-order valence-electron chi connectivity index (χ3n) is 3.72. The molecule has 4 nitrogen and oxygen atoms in total. The van der Waals surface area contributed by atoms with Gasteiger partial charge in [0.25, 0.3) is 0 Å². The molecule has 0 radical (unpaired) electrons. The normalized spacial score (nSPS) is 28.3. The molecule has 1 aliphatic rings. The minimum absolute atomic E-state index is 0.0958. The Morgan fingerprint density at radius 3 is 2.76 bits per heavy atom. The van der Waals surface area contributed by atoms with Crippen LogP contribution in [0.15, 0.2) is 0 Å². The number of carbonyl (C=O) groups excluding carboxylic acids is 1. The Balaban J connectivity index is 2.63. The zero-order chi connectivity index (χ0) is 12.7. The van der Waals surface area contributed by atoms with Crippen molar-refractivity contribution in [3.63, 3.8) is 0 Å². The van der Waals surface area contributed by atoms with Gasteiger partial charge in [-0.25, -0.2) is 0 Å². The van der Waals surface area contributed by atoms with Gasteiger partial charge in [-0.05, 0) is 46.1 Å². The highest BCUT2D eigenvalue weighted by molar-refractivity contribution is 5.81. The van der Waals surface area contributed by atoms with Gasteiger partial charge in [0, 0.05) is 13.2 Å². The maximum Gasteiger partial charge on any atom is 0.326 e. The third kappa shape index (κ3) is 3.19. The topological polar surface area (TPSA) is 47.6 Å². The molecule has 1 aliphatic carbocycles. The molecular weight excluding hydrogens is 218 g/mol. The number of esters is 1. The van der Waals surface area contributed by atoms with Crippen molar-refractivity contribution >= 4 is 5.97 Å². The molecule has 2 unspecified atom stereocenters. The largest absolute Gasteiger partial charge is 0.465 e. The van der Waals surface area contributed by atoms with Crippen LogP contribution >= 0.6 is 0 Å². The molecule has 1 fully saturated rings. The lowest BCUT2D eigenvalue weighted by Gasteiger charge is -2.32. The van der Waals surface area contributed by atoms with E-state index in [1.54, 1.807) is 0 Å². The van der Waals surface area contributed by atoms with Crippen molar-refractivity contribution in [1.82, 2.24) is 5.32 Å². The SMILES string of the molecule is CCOCCC1CCCC1(NC)C(=O)OCC. The second-order valence-electron chi connectivity index (χ2n) is 4.52. The first kappa shape index (κ1) is 14.5. The first-order valence-corrected chi connectivity index (χ1v) is 6.65. The summed E-state index contributed by atoms with van der Waals surface area (Å²) in [4.78, 5) is 12.1. The summed E-state index contributed by atoms with van der Waals surface area (Å²) in [6.07, 6.45) is 3.95. The lowest BCUT2D eigenvalue weighted by molar-refractivity contribution is -0.153. The van der Waals surface area contributed by atoms with Crippen LogP contribution in [0, 0.1) is 5.92 Å². The summed E-state index contributed by atoms with van der Waals surface area (Å²) in [5, 5.41) is 3.21. The summed E-state index contributed by atoms with van der Waals surface area (Å²) in [6, 6.07) is 0. The molecule has 1 saturated carbocycles. The first-order valence-electron chi connectivity index (χ1n) is 6.65. The van der Waals surface area contributed by atoms with Gasteiger partial charge in [-0.3, -0.25) is 4.79 Å². The summed E-state index contributed by atoms with van der Waals surface area (Å²) in [5.74, 6) is 0.236. The van der Waals surface area contributed by atoms with E-state index in [-0.39, 0.29) is 5.97 Å². The average molecular weight is 243 g/mol. The quantitative estimate of drug-likeness (QED) is 0.546. The van der Waals surface area contributed by atoms with E-state index in [2.05, 4.69) is 5.32 Å². The van der Waals surface area contributed by atoms with Crippen LogP contribution in [-0.2, 0) is 14.3 Å². The van der Waals surface area contributed by atoms with E-state index in [9.17, 15) is 4.79 Å². The maximum absolute atomic E-state index is 12.1. The van der Waals surface area contributed by atoms with Gasteiger partial charge in [0.1, 0.15) is 5.54 Å². The molecule has 0 amide bonds. The van der Waals surface area contributed by atoms with Gasteiger partial charge in [0.2, 0.25) is 0 Å². The van der Waals surface area contributed by atoms with Gasteiger partial charge in [0.05, 0.1) is 6.61 Å². The molecule has 0 spiro atoms. The average Bonchev–Trinajstić information content (AvgIpc) is 2.74. The minimum Gasteiger partial charge on any atom is -0.465 e. The van der Waals surface area contributed by atoms with E-state index in [1.165, 1.54) is 0 Å².